The van der Waals surface area contributed by atoms with Crippen LogP contribution >= 0.6 is 0 Å². The summed E-state index contributed by atoms with van der Waals surface area (Å²) in [4.78, 5) is 1.81. The Hall–Kier alpha value is -2.50. The molecule has 0 aliphatic heterocycles. The van der Waals surface area contributed by atoms with Crippen molar-refractivity contribution in [2.45, 2.75) is 33.4 Å². The van der Waals surface area contributed by atoms with Crippen LogP contribution in [0, 0.1) is 6.92 Å². The van der Waals surface area contributed by atoms with E-state index >= 15 is 0 Å². The number of aromatic nitrogens is 3. The molecule has 0 fully saturated rings. The maximum atomic E-state index is 5.39. The zero-order chi connectivity index (χ0) is 18.9. The van der Waals surface area contributed by atoms with Gasteiger partial charge in [-0.15, -0.1) is 0 Å². The minimum atomic E-state index is 0.677. The second-order valence-corrected chi connectivity index (χ2v) is 6.55. The Morgan fingerprint density at radius 3 is 2.56 bits per heavy atom. The summed E-state index contributed by atoms with van der Waals surface area (Å²) in [5.41, 5.74) is 5.52. The van der Waals surface area contributed by atoms with Crippen molar-refractivity contribution >= 4 is 0 Å². The third kappa shape index (κ3) is 5.49. The summed E-state index contributed by atoms with van der Waals surface area (Å²) < 4.78 is 5.39. The van der Waals surface area contributed by atoms with Crippen LogP contribution in [0.25, 0.3) is 11.3 Å². The average molecular weight is 364 g/mol. The van der Waals surface area contributed by atoms with E-state index in [1.54, 1.807) is 0 Å². The highest BCUT2D eigenvalue weighted by molar-refractivity contribution is 5.60. The third-order valence-electron chi connectivity index (χ3n) is 4.48. The van der Waals surface area contributed by atoms with E-state index in [1.165, 1.54) is 11.1 Å². The Bertz CT molecular complexity index is 829. The fraction of sp³-hybridized carbons (Fsp3) is 0.364. The molecule has 0 saturated heterocycles. The molecule has 0 aliphatic rings. The van der Waals surface area contributed by atoms with E-state index in [4.69, 9.17) is 14.9 Å². The summed E-state index contributed by atoms with van der Waals surface area (Å²) in [5.74, 6) is 0. The van der Waals surface area contributed by atoms with Gasteiger partial charge in [0.15, 0.2) is 0 Å². The second-order valence-electron chi connectivity index (χ2n) is 6.55. The van der Waals surface area contributed by atoms with Crippen molar-refractivity contribution in [3.05, 3.63) is 71.4 Å². The Labute approximate surface area is 161 Å². The predicted octanol–water partition coefficient (Wildman–Crippen LogP) is 3.82. The fourth-order valence-corrected chi connectivity index (χ4v) is 2.98. The van der Waals surface area contributed by atoms with Gasteiger partial charge in [-0.2, -0.15) is 15.0 Å². The summed E-state index contributed by atoms with van der Waals surface area (Å²) >= 11 is 0. The van der Waals surface area contributed by atoms with Crippen molar-refractivity contribution in [2.24, 2.45) is 0 Å². The minimum absolute atomic E-state index is 0.677. The van der Waals surface area contributed by atoms with Crippen LogP contribution in [0.4, 0.5) is 0 Å². The van der Waals surface area contributed by atoms with Gasteiger partial charge in [0.05, 0.1) is 6.54 Å². The van der Waals surface area contributed by atoms with Crippen molar-refractivity contribution in [3.63, 3.8) is 0 Å². The number of nitrogens with zero attached hydrogens (tertiary/aromatic N) is 3. The zero-order valence-electron chi connectivity index (χ0n) is 16.2. The molecule has 0 bridgehead atoms. The lowest BCUT2D eigenvalue weighted by Crippen LogP contribution is -2.17. The van der Waals surface area contributed by atoms with Crippen molar-refractivity contribution in [1.29, 1.82) is 0 Å². The Morgan fingerprint density at radius 1 is 1.00 bits per heavy atom. The molecule has 0 atom stereocenters. The SMILES string of the molecule is CCOCCCNCc1nn(Cc2ccccc2C)nc1-c1ccccc1. The van der Waals surface area contributed by atoms with E-state index in [1.807, 2.05) is 29.9 Å². The van der Waals surface area contributed by atoms with Crippen LogP contribution in [0.1, 0.15) is 30.2 Å². The highest BCUT2D eigenvalue weighted by Gasteiger charge is 2.13. The van der Waals surface area contributed by atoms with Crippen LogP contribution in [0.5, 0.6) is 0 Å². The first-order valence-electron chi connectivity index (χ1n) is 9.60. The molecule has 0 aliphatic carbocycles. The summed E-state index contributed by atoms with van der Waals surface area (Å²) in [6.07, 6.45) is 0.992. The van der Waals surface area contributed by atoms with Gasteiger partial charge in [-0.3, -0.25) is 0 Å². The molecule has 3 aromatic rings. The van der Waals surface area contributed by atoms with Gasteiger partial charge in [0.25, 0.3) is 0 Å². The van der Waals surface area contributed by atoms with E-state index in [9.17, 15) is 0 Å². The van der Waals surface area contributed by atoms with Crippen LogP contribution in [0.3, 0.4) is 0 Å². The molecular formula is C22H28N4O. The molecule has 1 heterocycles. The third-order valence-corrected chi connectivity index (χ3v) is 4.48. The second kappa shape index (κ2) is 10.00. The van der Waals surface area contributed by atoms with Gasteiger partial charge in [-0.1, -0.05) is 54.6 Å². The lowest BCUT2D eigenvalue weighted by molar-refractivity contribution is 0.144. The van der Waals surface area contributed by atoms with Crippen molar-refractivity contribution < 1.29 is 4.74 Å². The van der Waals surface area contributed by atoms with E-state index in [2.05, 4.69) is 48.6 Å². The van der Waals surface area contributed by atoms with Crippen molar-refractivity contribution in [2.75, 3.05) is 19.8 Å². The fourth-order valence-electron chi connectivity index (χ4n) is 2.98. The zero-order valence-corrected chi connectivity index (χ0v) is 16.2. The van der Waals surface area contributed by atoms with Gasteiger partial charge in [0.2, 0.25) is 0 Å². The molecule has 2 aromatic carbocycles. The number of hydrogen-bond acceptors (Lipinski definition) is 4. The minimum Gasteiger partial charge on any atom is -0.382 e. The van der Waals surface area contributed by atoms with Gasteiger partial charge in [-0.25, -0.2) is 0 Å². The first kappa shape index (κ1) is 19.3. The maximum Gasteiger partial charge on any atom is 0.117 e. The van der Waals surface area contributed by atoms with E-state index in [0.29, 0.717) is 13.1 Å². The van der Waals surface area contributed by atoms with Crippen molar-refractivity contribution in [3.8, 4) is 11.3 Å². The van der Waals surface area contributed by atoms with E-state index < -0.39 is 0 Å². The topological polar surface area (TPSA) is 52.0 Å². The maximum absolute atomic E-state index is 5.39. The summed E-state index contributed by atoms with van der Waals surface area (Å²) in [6.45, 7) is 7.98. The number of rotatable bonds is 10. The van der Waals surface area contributed by atoms with Gasteiger partial charge in [0, 0.05) is 25.3 Å². The first-order valence-corrected chi connectivity index (χ1v) is 9.60. The van der Waals surface area contributed by atoms with Gasteiger partial charge < -0.3 is 10.1 Å². The van der Waals surface area contributed by atoms with E-state index in [0.717, 1.165) is 43.1 Å². The smallest absolute Gasteiger partial charge is 0.117 e. The summed E-state index contributed by atoms with van der Waals surface area (Å²) in [6, 6.07) is 18.6. The molecule has 1 N–H and O–H groups in total. The first-order chi connectivity index (χ1) is 13.3. The number of benzene rings is 2. The molecule has 1 aromatic heterocycles. The molecule has 5 nitrogen and oxygen atoms in total. The van der Waals surface area contributed by atoms with Gasteiger partial charge in [0.1, 0.15) is 11.4 Å². The van der Waals surface area contributed by atoms with Gasteiger partial charge >= 0.3 is 0 Å². The number of nitrogens with one attached hydrogen (secondary N) is 1. The van der Waals surface area contributed by atoms with Crippen LogP contribution in [0.15, 0.2) is 54.6 Å². The van der Waals surface area contributed by atoms with Crippen LogP contribution in [-0.2, 0) is 17.8 Å². The van der Waals surface area contributed by atoms with Crippen LogP contribution in [0.2, 0.25) is 0 Å². The molecule has 0 unspecified atom stereocenters. The normalized spacial score (nSPS) is 11.0. The van der Waals surface area contributed by atoms with Gasteiger partial charge in [-0.05, 0) is 37.9 Å². The molecule has 142 valence electrons. The highest BCUT2D eigenvalue weighted by Crippen LogP contribution is 2.20. The van der Waals surface area contributed by atoms with Crippen LogP contribution in [-0.4, -0.2) is 34.8 Å². The summed E-state index contributed by atoms with van der Waals surface area (Å²) in [7, 11) is 0. The molecular weight excluding hydrogens is 336 g/mol. The predicted molar refractivity (Wildman–Crippen MR) is 109 cm³/mol. The molecule has 27 heavy (non-hydrogen) atoms. The highest BCUT2D eigenvalue weighted by atomic mass is 16.5. The van der Waals surface area contributed by atoms with Crippen LogP contribution < -0.4 is 5.32 Å². The Balaban J connectivity index is 1.74. The Kier molecular flexibility index (Phi) is 7.13. The average Bonchev–Trinajstić information content (AvgIpc) is 3.10. The monoisotopic (exact) mass is 364 g/mol. The number of hydrogen-bond donors (Lipinski definition) is 1. The molecule has 0 amide bonds. The molecule has 0 spiro atoms. The molecule has 5 heteroatoms. The largest absolute Gasteiger partial charge is 0.382 e. The molecule has 0 saturated carbocycles. The molecule has 3 rings (SSSR count). The molecule has 0 radical (unpaired) electrons. The summed E-state index contributed by atoms with van der Waals surface area (Å²) in [5, 5.41) is 13.0. The van der Waals surface area contributed by atoms with E-state index in [-0.39, 0.29) is 0 Å². The number of aryl methyl sites for hydroxylation is 1. The van der Waals surface area contributed by atoms with Crippen molar-refractivity contribution in [1.82, 2.24) is 20.3 Å². The number of ether oxygens (including phenoxy) is 1. The Morgan fingerprint density at radius 2 is 1.78 bits per heavy atom. The standard InChI is InChI=1S/C22H28N4O/c1-3-27-15-9-14-23-16-21-22(19-11-5-4-6-12-19)25-26(24-21)17-20-13-8-7-10-18(20)2/h4-8,10-13,23H,3,9,14-17H2,1-2H3. The quantitative estimate of drug-likeness (QED) is 0.556. The lowest BCUT2D eigenvalue weighted by atomic mass is 10.1. The lowest BCUT2D eigenvalue weighted by Gasteiger charge is -2.04.